The average molecular weight is 255 g/mol. The van der Waals surface area contributed by atoms with E-state index in [2.05, 4.69) is 0 Å². The summed E-state index contributed by atoms with van der Waals surface area (Å²) in [6.45, 7) is 0.412. The predicted octanol–water partition coefficient (Wildman–Crippen LogP) is 0.690. The van der Waals surface area contributed by atoms with Crippen LogP contribution in [-0.2, 0) is 16.4 Å². The summed E-state index contributed by atoms with van der Waals surface area (Å²) in [5.74, 6) is 0.232. The maximum absolute atomic E-state index is 12.0. The third-order valence-electron chi connectivity index (χ3n) is 3.18. The Morgan fingerprint density at radius 1 is 1.24 bits per heavy atom. The first kappa shape index (κ1) is 12.5. The highest BCUT2D eigenvalue weighted by Gasteiger charge is 2.31. The number of aliphatic hydroxyl groups is 1. The molecule has 2 rings (SSSR count). The molecule has 0 heterocycles. The predicted molar refractivity (Wildman–Crippen MR) is 65.1 cm³/mol. The third-order valence-corrected chi connectivity index (χ3v) is 5.08. The van der Waals surface area contributed by atoms with Gasteiger partial charge in [-0.05, 0) is 36.5 Å². The molecule has 5 heteroatoms. The number of sulfone groups is 1. The highest BCUT2D eigenvalue weighted by molar-refractivity contribution is 7.91. The summed E-state index contributed by atoms with van der Waals surface area (Å²) in [4.78, 5) is 0.344. The summed E-state index contributed by atoms with van der Waals surface area (Å²) in [5.41, 5.74) is 6.38. The minimum atomic E-state index is -3.22. The monoisotopic (exact) mass is 255 g/mol. The summed E-state index contributed by atoms with van der Waals surface area (Å²) in [6.07, 6.45) is 0.884. The van der Waals surface area contributed by atoms with E-state index in [1.165, 1.54) is 0 Å². The highest BCUT2D eigenvalue weighted by Crippen LogP contribution is 2.30. The number of nitrogens with two attached hydrogens (primary N) is 1. The zero-order valence-corrected chi connectivity index (χ0v) is 10.4. The number of aliphatic hydroxyl groups excluding tert-OH is 1. The first-order valence-electron chi connectivity index (χ1n) is 5.71. The molecule has 1 aliphatic carbocycles. The zero-order valence-electron chi connectivity index (χ0n) is 9.54. The number of benzene rings is 1. The maximum atomic E-state index is 12.0. The van der Waals surface area contributed by atoms with E-state index in [0.29, 0.717) is 24.3 Å². The Kier molecular flexibility index (Phi) is 3.51. The van der Waals surface area contributed by atoms with E-state index in [0.717, 1.165) is 5.56 Å². The number of hydrogen-bond acceptors (Lipinski definition) is 4. The molecular formula is C12H17NO3S. The van der Waals surface area contributed by atoms with Gasteiger partial charge in [0.15, 0.2) is 9.84 Å². The maximum Gasteiger partial charge on any atom is 0.178 e. The first-order chi connectivity index (χ1) is 8.01. The second kappa shape index (κ2) is 4.76. The van der Waals surface area contributed by atoms with Crippen LogP contribution in [-0.4, -0.2) is 25.4 Å². The van der Waals surface area contributed by atoms with Gasteiger partial charge in [0.05, 0.1) is 16.8 Å². The molecule has 1 aliphatic rings. The average Bonchev–Trinajstić information content (AvgIpc) is 2.27. The Hall–Kier alpha value is -0.910. The molecule has 0 radical (unpaired) electrons. The van der Waals surface area contributed by atoms with Crippen molar-refractivity contribution in [3.05, 3.63) is 29.8 Å². The minimum Gasteiger partial charge on any atom is -0.393 e. The molecule has 17 heavy (non-hydrogen) atoms. The lowest BCUT2D eigenvalue weighted by molar-refractivity contribution is 0.0526. The number of hydrogen-bond donors (Lipinski definition) is 2. The molecule has 0 atom stereocenters. The lowest BCUT2D eigenvalue weighted by atomic mass is 9.84. The molecular weight excluding hydrogens is 238 g/mol. The van der Waals surface area contributed by atoms with Crippen LogP contribution in [0.4, 0.5) is 0 Å². The van der Waals surface area contributed by atoms with Crippen molar-refractivity contribution in [1.82, 2.24) is 0 Å². The normalized spacial score (nSPS) is 24.4. The van der Waals surface area contributed by atoms with Gasteiger partial charge >= 0.3 is 0 Å². The summed E-state index contributed by atoms with van der Waals surface area (Å²) in [5, 5.41) is 9.15. The van der Waals surface area contributed by atoms with Crippen molar-refractivity contribution >= 4 is 9.84 Å². The Bertz CT molecular complexity index is 475. The fourth-order valence-corrected chi connectivity index (χ4v) is 3.71. The smallest absolute Gasteiger partial charge is 0.178 e. The van der Waals surface area contributed by atoms with Crippen LogP contribution in [0, 0.1) is 5.92 Å². The van der Waals surface area contributed by atoms with Gasteiger partial charge in [-0.25, -0.2) is 8.42 Å². The largest absolute Gasteiger partial charge is 0.393 e. The van der Waals surface area contributed by atoms with E-state index < -0.39 is 9.84 Å². The fraction of sp³-hybridized carbons (Fsp3) is 0.500. The standard InChI is InChI=1S/C12H17NO3S/c13-7-9-1-3-12(4-2-9)17(15,16)8-10-5-11(14)6-10/h1-4,10-11,14H,5-8,13H2. The molecule has 0 saturated heterocycles. The van der Waals surface area contributed by atoms with E-state index in [1.807, 2.05) is 0 Å². The summed E-state index contributed by atoms with van der Waals surface area (Å²) >= 11 is 0. The highest BCUT2D eigenvalue weighted by atomic mass is 32.2. The van der Waals surface area contributed by atoms with E-state index >= 15 is 0 Å². The first-order valence-corrected chi connectivity index (χ1v) is 7.36. The van der Waals surface area contributed by atoms with Crippen LogP contribution in [0.15, 0.2) is 29.2 Å². The molecule has 1 saturated carbocycles. The molecule has 0 aromatic heterocycles. The van der Waals surface area contributed by atoms with E-state index in [9.17, 15) is 8.42 Å². The van der Waals surface area contributed by atoms with E-state index in [-0.39, 0.29) is 17.8 Å². The van der Waals surface area contributed by atoms with Crippen molar-refractivity contribution in [2.75, 3.05) is 5.75 Å². The van der Waals surface area contributed by atoms with Crippen LogP contribution in [0.1, 0.15) is 18.4 Å². The van der Waals surface area contributed by atoms with E-state index in [1.54, 1.807) is 24.3 Å². The topological polar surface area (TPSA) is 80.4 Å². The van der Waals surface area contributed by atoms with Gasteiger partial charge in [0.25, 0.3) is 0 Å². The second-order valence-corrected chi connectivity index (χ2v) is 6.65. The Balaban J connectivity index is 2.08. The minimum absolute atomic E-state index is 0.101. The third kappa shape index (κ3) is 2.86. The van der Waals surface area contributed by atoms with Gasteiger partial charge in [-0.15, -0.1) is 0 Å². The van der Waals surface area contributed by atoms with Crippen molar-refractivity contribution < 1.29 is 13.5 Å². The molecule has 0 bridgehead atoms. The zero-order chi connectivity index (χ0) is 12.5. The van der Waals surface area contributed by atoms with Crippen molar-refractivity contribution in [3.8, 4) is 0 Å². The van der Waals surface area contributed by atoms with Crippen LogP contribution in [0.5, 0.6) is 0 Å². The van der Waals surface area contributed by atoms with Crippen LogP contribution in [0.2, 0.25) is 0 Å². The lowest BCUT2D eigenvalue weighted by Gasteiger charge is -2.30. The van der Waals surface area contributed by atoms with Crippen LogP contribution < -0.4 is 5.73 Å². The van der Waals surface area contributed by atoms with Gasteiger partial charge < -0.3 is 10.8 Å². The molecule has 0 spiro atoms. The molecule has 1 fully saturated rings. The molecule has 1 aromatic carbocycles. The van der Waals surface area contributed by atoms with Crippen molar-refractivity contribution in [2.45, 2.75) is 30.4 Å². The fourth-order valence-electron chi connectivity index (χ4n) is 2.08. The Morgan fingerprint density at radius 3 is 2.29 bits per heavy atom. The Labute approximate surface area is 101 Å². The van der Waals surface area contributed by atoms with Crippen molar-refractivity contribution in [2.24, 2.45) is 11.7 Å². The van der Waals surface area contributed by atoms with Gasteiger partial charge in [-0.3, -0.25) is 0 Å². The van der Waals surface area contributed by atoms with Gasteiger partial charge in [0.2, 0.25) is 0 Å². The quantitative estimate of drug-likeness (QED) is 0.829. The second-order valence-electron chi connectivity index (χ2n) is 4.62. The van der Waals surface area contributed by atoms with Crippen LogP contribution >= 0.6 is 0 Å². The van der Waals surface area contributed by atoms with Gasteiger partial charge in [-0.2, -0.15) is 0 Å². The molecule has 0 unspecified atom stereocenters. The summed E-state index contributed by atoms with van der Waals surface area (Å²) in [7, 11) is -3.22. The van der Waals surface area contributed by atoms with Gasteiger partial charge in [0.1, 0.15) is 0 Å². The summed E-state index contributed by atoms with van der Waals surface area (Å²) < 4.78 is 24.1. The molecule has 4 nitrogen and oxygen atoms in total. The molecule has 0 amide bonds. The lowest BCUT2D eigenvalue weighted by Crippen LogP contribution is -2.33. The SMILES string of the molecule is NCc1ccc(S(=O)(=O)CC2CC(O)C2)cc1. The van der Waals surface area contributed by atoms with Crippen molar-refractivity contribution in [3.63, 3.8) is 0 Å². The van der Waals surface area contributed by atoms with Crippen LogP contribution in [0.25, 0.3) is 0 Å². The Morgan fingerprint density at radius 2 is 1.82 bits per heavy atom. The van der Waals surface area contributed by atoms with Crippen molar-refractivity contribution in [1.29, 1.82) is 0 Å². The molecule has 94 valence electrons. The van der Waals surface area contributed by atoms with Gasteiger partial charge in [0, 0.05) is 6.54 Å². The van der Waals surface area contributed by atoms with Crippen LogP contribution in [0.3, 0.4) is 0 Å². The van der Waals surface area contributed by atoms with E-state index in [4.69, 9.17) is 10.8 Å². The molecule has 1 aromatic rings. The number of rotatable bonds is 4. The molecule has 0 aliphatic heterocycles. The molecule has 3 N–H and O–H groups in total. The summed E-state index contributed by atoms with van der Waals surface area (Å²) in [6, 6.07) is 6.68. The van der Waals surface area contributed by atoms with Gasteiger partial charge in [-0.1, -0.05) is 12.1 Å².